The summed E-state index contributed by atoms with van der Waals surface area (Å²) in [6.07, 6.45) is 1.39. The van der Waals surface area contributed by atoms with Gasteiger partial charge in [-0.2, -0.15) is 0 Å². The fourth-order valence-electron chi connectivity index (χ4n) is 3.29. The van der Waals surface area contributed by atoms with Crippen LogP contribution in [-0.2, 0) is 4.74 Å². The third-order valence-electron chi connectivity index (χ3n) is 3.60. The number of rotatable bonds is 3. The summed E-state index contributed by atoms with van der Waals surface area (Å²) in [4.78, 5) is 12.3. The Morgan fingerprint density at radius 2 is 1.72 bits per heavy atom. The van der Waals surface area contributed by atoms with Gasteiger partial charge in [0.2, 0.25) is 8.32 Å². The molecule has 0 spiro atoms. The third kappa shape index (κ3) is 5.63. The number of nitrogens with zero attached hydrogens (tertiary/aromatic N) is 1. The Hall–Kier alpha value is -1.75. The zero-order chi connectivity index (χ0) is 19.0. The molecule has 5 heteroatoms. The highest BCUT2D eigenvalue weighted by Crippen LogP contribution is 2.31. The van der Waals surface area contributed by atoms with E-state index in [1.165, 1.54) is 0 Å². The van der Waals surface area contributed by atoms with E-state index in [0.29, 0.717) is 0 Å². The van der Waals surface area contributed by atoms with E-state index < -0.39 is 13.9 Å². The molecule has 0 fully saturated rings. The highest BCUT2D eigenvalue weighted by atomic mass is 28.4. The highest BCUT2D eigenvalue weighted by molar-refractivity contribution is 6.72. The van der Waals surface area contributed by atoms with Crippen LogP contribution in [0.5, 0.6) is 5.75 Å². The van der Waals surface area contributed by atoms with Crippen LogP contribution in [0.2, 0.25) is 19.1 Å². The van der Waals surface area contributed by atoms with Crippen LogP contribution in [0.1, 0.15) is 41.5 Å². The lowest BCUT2D eigenvalue weighted by molar-refractivity contribution is 0.0544. The zero-order valence-corrected chi connectivity index (χ0v) is 17.8. The lowest BCUT2D eigenvalue weighted by Crippen LogP contribution is -2.38. The van der Waals surface area contributed by atoms with Gasteiger partial charge in [-0.3, -0.25) is 4.57 Å². The number of hydrogen-bond acceptors (Lipinski definition) is 3. The topological polar surface area (TPSA) is 40.5 Å². The predicted molar refractivity (Wildman–Crippen MR) is 106 cm³/mol. The van der Waals surface area contributed by atoms with Crippen LogP contribution in [0.3, 0.4) is 0 Å². The molecule has 1 aromatic heterocycles. The molecule has 138 valence electrons. The number of ether oxygens (including phenoxy) is 1. The Labute approximate surface area is 152 Å². The first-order valence-corrected chi connectivity index (χ1v) is 11.9. The van der Waals surface area contributed by atoms with Crippen molar-refractivity contribution >= 4 is 25.3 Å². The van der Waals surface area contributed by atoms with Crippen LogP contribution in [0.15, 0.2) is 30.5 Å². The Morgan fingerprint density at radius 1 is 1.08 bits per heavy atom. The first kappa shape index (κ1) is 19.6. The minimum Gasteiger partial charge on any atom is -0.544 e. The molecule has 0 atom stereocenters. The summed E-state index contributed by atoms with van der Waals surface area (Å²) in [5.41, 5.74) is 0.566. The number of benzene rings is 1. The molecule has 0 amide bonds. The molecule has 0 saturated heterocycles. The van der Waals surface area contributed by atoms with Crippen LogP contribution in [0, 0.1) is 5.41 Å². The van der Waals surface area contributed by atoms with E-state index in [0.717, 1.165) is 22.7 Å². The lowest BCUT2D eigenvalue weighted by atomic mass is 10.0. The monoisotopic (exact) mass is 361 g/mol. The molecule has 0 saturated carbocycles. The summed E-state index contributed by atoms with van der Waals surface area (Å²) in [6.45, 7) is 16.8. The van der Waals surface area contributed by atoms with E-state index in [9.17, 15) is 4.79 Å². The summed E-state index contributed by atoms with van der Waals surface area (Å²) in [6, 6.07) is 8.88. The Kier molecular flexibility index (Phi) is 5.10. The van der Waals surface area contributed by atoms with E-state index in [-0.39, 0.29) is 11.5 Å². The summed E-state index contributed by atoms with van der Waals surface area (Å²) < 4.78 is 13.3. The molecule has 25 heavy (non-hydrogen) atoms. The van der Waals surface area contributed by atoms with Gasteiger partial charge in [-0.1, -0.05) is 20.8 Å². The van der Waals surface area contributed by atoms with E-state index >= 15 is 0 Å². The minimum absolute atomic E-state index is 0.250. The standard InChI is InChI=1S/C20H31NO3Si/c1-19(2,3)14-25(7,8)24-16-9-10-17-15(13-16)11-12-21(17)18(22)23-20(4,5)6/h9-13H,14H2,1-8H3. The first-order valence-electron chi connectivity index (χ1n) is 8.79. The van der Waals surface area contributed by atoms with Gasteiger partial charge >= 0.3 is 6.09 Å². The molecule has 0 aliphatic heterocycles. The second-order valence-corrected chi connectivity index (χ2v) is 13.6. The lowest BCUT2D eigenvalue weighted by Gasteiger charge is -2.31. The molecular weight excluding hydrogens is 330 g/mol. The van der Waals surface area contributed by atoms with Crippen molar-refractivity contribution in [1.82, 2.24) is 4.57 Å². The largest absolute Gasteiger partial charge is 0.544 e. The van der Waals surface area contributed by atoms with Crippen molar-refractivity contribution in [3.63, 3.8) is 0 Å². The number of carbonyl (C=O) groups excluding carboxylic acids is 1. The van der Waals surface area contributed by atoms with Crippen molar-refractivity contribution in [2.24, 2.45) is 5.41 Å². The van der Waals surface area contributed by atoms with Crippen LogP contribution >= 0.6 is 0 Å². The number of carbonyl (C=O) groups is 1. The first-order chi connectivity index (χ1) is 11.3. The fraction of sp³-hybridized carbons (Fsp3) is 0.550. The number of hydrogen-bond donors (Lipinski definition) is 0. The second-order valence-electron chi connectivity index (χ2n) is 9.49. The van der Waals surface area contributed by atoms with Gasteiger partial charge in [-0.15, -0.1) is 0 Å². The minimum atomic E-state index is -1.81. The van der Waals surface area contributed by atoms with E-state index in [4.69, 9.17) is 9.16 Å². The molecule has 4 nitrogen and oxygen atoms in total. The third-order valence-corrected chi connectivity index (χ3v) is 6.30. The van der Waals surface area contributed by atoms with E-state index in [1.807, 2.05) is 45.0 Å². The molecule has 2 aromatic rings. The molecule has 0 aliphatic carbocycles. The van der Waals surface area contributed by atoms with Gasteiger partial charge in [0.15, 0.2) is 0 Å². The molecule has 0 N–H and O–H groups in total. The maximum Gasteiger partial charge on any atom is 0.418 e. The molecule has 1 heterocycles. The maximum atomic E-state index is 12.3. The molecule has 0 radical (unpaired) electrons. The Balaban J connectivity index is 2.23. The van der Waals surface area contributed by atoms with Gasteiger partial charge in [-0.05, 0) is 69.6 Å². The smallest absolute Gasteiger partial charge is 0.418 e. The summed E-state index contributed by atoms with van der Waals surface area (Å²) >= 11 is 0. The van der Waals surface area contributed by atoms with Crippen molar-refractivity contribution in [1.29, 1.82) is 0 Å². The van der Waals surface area contributed by atoms with Crippen LogP contribution in [0.25, 0.3) is 10.9 Å². The molecule has 0 aliphatic rings. The average Bonchev–Trinajstić information content (AvgIpc) is 2.75. The Morgan fingerprint density at radius 3 is 2.28 bits per heavy atom. The van der Waals surface area contributed by atoms with Gasteiger partial charge in [0.05, 0.1) is 5.52 Å². The van der Waals surface area contributed by atoms with Gasteiger partial charge in [0.25, 0.3) is 0 Å². The quantitative estimate of drug-likeness (QED) is 0.624. The maximum absolute atomic E-state index is 12.3. The van der Waals surface area contributed by atoms with Crippen molar-refractivity contribution in [2.75, 3.05) is 0 Å². The van der Waals surface area contributed by atoms with Gasteiger partial charge in [0.1, 0.15) is 11.4 Å². The van der Waals surface area contributed by atoms with Crippen molar-refractivity contribution < 1.29 is 14.0 Å². The highest BCUT2D eigenvalue weighted by Gasteiger charge is 2.31. The van der Waals surface area contributed by atoms with Gasteiger partial charge < -0.3 is 9.16 Å². The van der Waals surface area contributed by atoms with Crippen LogP contribution < -0.4 is 4.43 Å². The number of aromatic nitrogens is 1. The summed E-state index contributed by atoms with van der Waals surface area (Å²) in [5.74, 6) is 0.871. The van der Waals surface area contributed by atoms with Crippen molar-refractivity contribution in [2.45, 2.75) is 66.3 Å². The number of fused-ring (bicyclic) bond motifs is 1. The van der Waals surface area contributed by atoms with Crippen molar-refractivity contribution in [3.05, 3.63) is 30.5 Å². The Bertz CT molecular complexity index is 763. The molecule has 0 bridgehead atoms. The van der Waals surface area contributed by atoms with E-state index in [1.54, 1.807) is 10.8 Å². The fourth-order valence-corrected chi connectivity index (χ4v) is 6.68. The SMILES string of the molecule is CC(C)(C)C[Si](C)(C)Oc1ccc2c(ccn2C(=O)OC(C)(C)C)c1. The van der Waals surface area contributed by atoms with E-state index in [2.05, 4.69) is 33.9 Å². The molecule has 0 unspecified atom stereocenters. The molecule has 2 rings (SSSR count). The second kappa shape index (κ2) is 6.52. The molecule has 1 aromatic carbocycles. The van der Waals surface area contributed by atoms with Crippen molar-refractivity contribution in [3.8, 4) is 5.75 Å². The summed E-state index contributed by atoms with van der Waals surface area (Å²) in [7, 11) is -1.81. The van der Waals surface area contributed by atoms with Crippen LogP contribution in [-0.4, -0.2) is 24.6 Å². The van der Waals surface area contributed by atoms with Gasteiger partial charge in [0, 0.05) is 11.6 Å². The summed E-state index contributed by atoms with van der Waals surface area (Å²) in [5, 5.41) is 0.976. The molecular formula is C20H31NO3Si. The van der Waals surface area contributed by atoms with Crippen LogP contribution in [0.4, 0.5) is 4.79 Å². The average molecular weight is 362 g/mol. The predicted octanol–water partition coefficient (Wildman–Crippen LogP) is 6.05. The zero-order valence-electron chi connectivity index (χ0n) is 16.8. The van der Waals surface area contributed by atoms with Gasteiger partial charge in [-0.25, -0.2) is 4.79 Å². The normalized spacial score (nSPS) is 13.1.